The third kappa shape index (κ3) is 3.42. The number of carbonyl (C=O) groups is 3. The molecule has 0 atom stereocenters. The third-order valence-electron chi connectivity index (χ3n) is 1.71. The van der Waals surface area contributed by atoms with Gasteiger partial charge in [-0.1, -0.05) is 0 Å². The Morgan fingerprint density at radius 2 is 1.06 bits per heavy atom. The van der Waals surface area contributed by atoms with Gasteiger partial charge in [0.1, 0.15) is 0 Å². The minimum atomic E-state index is -3.05. The smallest absolute Gasteiger partial charge is 0.362 e. The van der Waals surface area contributed by atoms with Gasteiger partial charge in [-0.15, -0.1) is 0 Å². The molecule has 0 saturated heterocycles. The number of aliphatic hydroxyl groups is 1. The molecule has 0 fully saturated rings. The minimum absolute atomic E-state index is 0.0973. The van der Waals surface area contributed by atoms with E-state index in [4.69, 9.17) is 0 Å². The van der Waals surface area contributed by atoms with Crippen LogP contribution in [0.15, 0.2) is 0 Å². The number of hydrogen-bond donors (Lipinski definition) is 1. The van der Waals surface area contributed by atoms with E-state index in [9.17, 15) is 19.5 Å². The Kier molecular flexibility index (Phi) is 6.19. The summed E-state index contributed by atoms with van der Waals surface area (Å²) in [5.74, 6) is -4.22. The molecule has 0 spiro atoms. The first-order valence-electron chi connectivity index (χ1n) is 5.19. The molecule has 0 aromatic carbocycles. The van der Waals surface area contributed by atoms with Gasteiger partial charge in [-0.05, 0) is 20.8 Å². The second kappa shape index (κ2) is 6.85. The fourth-order valence-electron chi connectivity index (χ4n) is 0.957. The first kappa shape index (κ1) is 15.4. The van der Waals surface area contributed by atoms with Crippen LogP contribution in [0.1, 0.15) is 20.8 Å². The van der Waals surface area contributed by atoms with E-state index >= 15 is 0 Å². The summed E-state index contributed by atoms with van der Waals surface area (Å²) in [5.41, 5.74) is -3.05. The molecular weight excluding hydrogens is 232 g/mol. The molecule has 17 heavy (non-hydrogen) atoms. The summed E-state index contributed by atoms with van der Waals surface area (Å²) in [4.78, 5) is 34.3. The van der Waals surface area contributed by atoms with Gasteiger partial charge in [-0.3, -0.25) is 0 Å². The minimum Gasteiger partial charge on any atom is -0.463 e. The number of ether oxygens (including phenoxy) is 3. The molecule has 0 aliphatic carbocycles. The maximum atomic E-state index is 11.4. The highest BCUT2D eigenvalue weighted by Gasteiger charge is 2.56. The summed E-state index contributed by atoms with van der Waals surface area (Å²) < 4.78 is 13.4. The maximum Gasteiger partial charge on any atom is 0.362 e. The lowest BCUT2D eigenvalue weighted by Crippen LogP contribution is -2.56. The summed E-state index contributed by atoms with van der Waals surface area (Å²) in [5, 5.41) is 9.79. The molecule has 0 aliphatic heterocycles. The van der Waals surface area contributed by atoms with Gasteiger partial charge >= 0.3 is 23.5 Å². The average molecular weight is 248 g/mol. The molecular formula is C10H16O7. The fourth-order valence-corrected chi connectivity index (χ4v) is 0.957. The zero-order chi connectivity index (χ0) is 13.5. The van der Waals surface area contributed by atoms with Gasteiger partial charge in [0.25, 0.3) is 0 Å². The molecule has 7 heteroatoms. The van der Waals surface area contributed by atoms with E-state index in [0.29, 0.717) is 0 Å². The van der Waals surface area contributed by atoms with E-state index in [-0.39, 0.29) is 19.8 Å². The van der Waals surface area contributed by atoms with Crippen molar-refractivity contribution in [2.45, 2.75) is 26.4 Å². The molecule has 0 radical (unpaired) electrons. The number of hydrogen-bond acceptors (Lipinski definition) is 7. The standard InChI is InChI=1S/C10H16O7/c1-4-15-7(11)10(14,8(12)16-5-2)9(13)17-6-3/h14H,4-6H2,1-3H3. The molecule has 7 nitrogen and oxygen atoms in total. The SMILES string of the molecule is CCOC(=O)C(O)(C(=O)OCC)C(=O)OCC. The highest BCUT2D eigenvalue weighted by Crippen LogP contribution is 2.13. The highest BCUT2D eigenvalue weighted by molar-refractivity contribution is 6.21. The Morgan fingerprint density at radius 1 is 0.824 bits per heavy atom. The largest absolute Gasteiger partial charge is 0.463 e. The molecule has 0 aromatic heterocycles. The first-order chi connectivity index (χ1) is 7.94. The van der Waals surface area contributed by atoms with Crippen LogP contribution in [0.4, 0.5) is 0 Å². The molecule has 0 amide bonds. The summed E-state index contributed by atoms with van der Waals surface area (Å²) in [6.07, 6.45) is 0. The van der Waals surface area contributed by atoms with Crippen LogP contribution in [0.3, 0.4) is 0 Å². The van der Waals surface area contributed by atoms with Crippen LogP contribution in [0.2, 0.25) is 0 Å². The van der Waals surface area contributed by atoms with Crippen molar-refractivity contribution in [3.8, 4) is 0 Å². The van der Waals surface area contributed by atoms with Gasteiger partial charge < -0.3 is 19.3 Å². The van der Waals surface area contributed by atoms with Crippen molar-refractivity contribution in [1.29, 1.82) is 0 Å². The zero-order valence-electron chi connectivity index (χ0n) is 10.0. The Morgan fingerprint density at radius 3 is 1.24 bits per heavy atom. The number of esters is 3. The van der Waals surface area contributed by atoms with Crippen molar-refractivity contribution in [2.24, 2.45) is 0 Å². The molecule has 0 saturated carbocycles. The molecule has 0 aromatic rings. The second-order valence-electron chi connectivity index (χ2n) is 2.87. The highest BCUT2D eigenvalue weighted by atomic mass is 16.6. The molecule has 0 aliphatic rings. The normalized spacial score (nSPS) is 10.6. The van der Waals surface area contributed by atoms with Crippen molar-refractivity contribution in [2.75, 3.05) is 19.8 Å². The van der Waals surface area contributed by atoms with Crippen LogP contribution in [0.5, 0.6) is 0 Å². The van der Waals surface area contributed by atoms with Crippen LogP contribution in [-0.2, 0) is 28.6 Å². The first-order valence-corrected chi connectivity index (χ1v) is 5.19. The number of carbonyl (C=O) groups excluding carboxylic acids is 3. The molecule has 0 rings (SSSR count). The Balaban J connectivity index is 5.12. The van der Waals surface area contributed by atoms with Crippen molar-refractivity contribution in [3.05, 3.63) is 0 Å². The summed E-state index contributed by atoms with van der Waals surface area (Å²) in [6, 6.07) is 0. The monoisotopic (exact) mass is 248 g/mol. The van der Waals surface area contributed by atoms with Gasteiger partial charge in [-0.25, -0.2) is 14.4 Å². The van der Waals surface area contributed by atoms with Gasteiger partial charge in [0.05, 0.1) is 19.8 Å². The van der Waals surface area contributed by atoms with Crippen LogP contribution in [0, 0.1) is 0 Å². The lowest BCUT2D eigenvalue weighted by atomic mass is 10.1. The van der Waals surface area contributed by atoms with E-state index in [1.807, 2.05) is 0 Å². The average Bonchev–Trinajstić information content (AvgIpc) is 2.28. The molecule has 0 heterocycles. The fraction of sp³-hybridized carbons (Fsp3) is 0.700. The predicted molar refractivity (Wildman–Crippen MR) is 54.8 cm³/mol. The van der Waals surface area contributed by atoms with Crippen molar-refractivity contribution >= 4 is 17.9 Å². The Bertz CT molecular complexity index is 251. The lowest BCUT2D eigenvalue weighted by molar-refractivity contribution is -0.195. The Labute approximate surface area is 98.6 Å². The topological polar surface area (TPSA) is 99.1 Å². The summed E-state index contributed by atoms with van der Waals surface area (Å²) >= 11 is 0. The van der Waals surface area contributed by atoms with Crippen molar-refractivity contribution in [1.82, 2.24) is 0 Å². The molecule has 0 unspecified atom stereocenters. The van der Waals surface area contributed by atoms with Gasteiger partial charge in [0.2, 0.25) is 0 Å². The van der Waals surface area contributed by atoms with Crippen molar-refractivity contribution in [3.63, 3.8) is 0 Å². The third-order valence-corrected chi connectivity index (χ3v) is 1.71. The van der Waals surface area contributed by atoms with Gasteiger partial charge in [0.15, 0.2) is 0 Å². The molecule has 0 bridgehead atoms. The van der Waals surface area contributed by atoms with E-state index in [1.54, 1.807) is 0 Å². The Hall–Kier alpha value is -1.63. The zero-order valence-corrected chi connectivity index (χ0v) is 10.0. The molecule has 98 valence electrons. The van der Waals surface area contributed by atoms with E-state index in [1.165, 1.54) is 20.8 Å². The van der Waals surface area contributed by atoms with Crippen molar-refractivity contribution < 1.29 is 33.7 Å². The van der Waals surface area contributed by atoms with Crippen LogP contribution in [0.25, 0.3) is 0 Å². The quantitative estimate of drug-likeness (QED) is 0.381. The van der Waals surface area contributed by atoms with Gasteiger partial charge in [0, 0.05) is 0 Å². The van der Waals surface area contributed by atoms with E-state index in [0.717, 1.165) is 0 Å². The second-order valence-corrected chi connectivity index (χ2v) is 2.87. The lowest BCUT2D eigenvalue weighted by Gasteiger charge is -2.21. The predicted octanol–water partition coefficient (Wildman–Crippen LogP) is -0.593. The molecule has 1 N–H and O–H groups in total. The van der Waals surface area contributed by atoms with Crippen LogP contribution >= 0.6 is 0 Å². The summed E-state index contributed by atoms with van der Waals surface area (Å²) in [7, 11) is 0. The van der Waals surface area contributed by atoms with Crippen LogP contribution in [-0.4, -0.2) is 48.4 Å². The maximum absolute atomic E-state index is 11.4. The van der Waals surface area contributed by atoms with E-state index in [2.05, 4.69) is 14.2 Å². The van der Waals surface area contributed by atoms with Gasteiger partial charge in [-0.2, -0.15) is 0 Å². The van der Waals surface area contributed by atoms with E-state index < -0.39 is 23.5 Å². The van der Waals surface area contributed by atoms with Crippen LogP contribution < -0.4 is 0 Å². The summed E-state index contributed by atoms with van der Waals surface area (Å²) in [6.45, 7) is 4.11. The number of rotatable bonds is 6.